The second kappa shape index (κ2) is 6.71. The minimum atomic E-state index is 0.164. The first-order valence-corrected chi connectivity index (χ1v) is 6.41. The molecule has 1 aromatic heterocycles. The Morgan fingerprint density at radius 1 is 1.33 bits per heavy atom. The second-order valence-electron chi connectivity index (χ2n) is 5.45. The standard InChI is InChI=1S/C14H25N3O/c1-11(15-9-10-17-14(2,3)4)12-7-6-8-16-13(12)18-5/h6-8,11,15,17H,9-10H2,1-5H3/t11-/m0/s1. The van der Waals surface area contributed by atoms with Crippen molar-refractivity contribution in [2.75, 3.05) is 20.2 Å². The van der Waals surface area contributed by atoms with Gasteiger partial charge in [0.05, 0.1) is 7.11 Å². The molecule has 0 fully saturated rings. The maximum atomic E-state index is 5.26. The fourth-order valence-electron chi connectivity index (χ4n) is 1.74. The van der Waals surface area contributed by atoms with Gasteiger partial charge in [0, 0.05) is 36.4 Å². The SMILES string of the molecule is COc1ncccc1[C@H](C)NCCNC(C)(C)C. The predicted molar refractivity (Wildman–Crippen MR) is 75.0 cm³/mol. The van der Waals surface area contributed by atoms with E-state index in [9.17, 15) is 0 Å². The lowest BCUT2D eigenvalue weighted by molar-refractivity contribution is 0.381. The highest BCUT2D eigenvalue weighted by atomic mass is 16.5. The zero-order valence-electron chi connectivity index (χ0n) is 12.1. The molecule has 0 amide bonds. The smallest absolute Gasteiger partial charge is 0.217 e. The summed E-state index contributed by atoms with van der Waals surface area (Å²) in [6, 6.07) is 4.21. The summed E-state index contributed by atoms with van der Waals surface area (Å²) in [7, 11) is 1.65. The van der Waals surface area contributed by atoms with E-state index in [1.807, 2.05) is 12.1 Å². The Balaban J connectivity index is 2.43. The molecular weight excluding hydrogens is 226 g/mol. The number of methoxy groups -OCH3 is 1. The van der Waals surface area contributed by atoms with Gasteiger partial charge in [-0.05, 0) is 33.8 Å². The lowest BCUT2D eigenvalue weighted by atomic mass is 10.1. The van der Waals surface area contributed by atoms with Gasteiger partial charge in [-0.2, -0.15) is 0 Å². The van der Waals surface area contributed by atoms with E-state index in [0.717, 1.165) is 18.7 Å². The van der Waals surface area contributed by atoms with E-state index in [4.69, 9.17) is 4.74 Å². The molecule has 0 aliphatic rings. The molecule has 1 aromatic rings. The van der Waals surface area contributed by atoms with Crippen molar-refractivity contribution in [2.24, 2.45) is 0 Å². The molecule has 0 unspecified atom stereocenters. The van der Waals surface area contributed by atoms with E-state index in [2.05, 4.69) is 43.3 Å². The molecule has 0 saturated carbocycles. The average Bonchev–Trinajstić information content (AvgIpc) is 2.33. The maximum absolute atomic E-state index is 5.26. The highest BCUT2D eigenvalue weighted by Crippen LogP contribution is 2.21. The lowest BCUT2D eigenvalue weighted by Gasteiger charge is -2.22. The van der Waals surface area contributed by atoms with Crippen molar-refractivity contribution in [1.29, 1.82) is 0 Å². The van der Waals surface area contributed by atoms with Gasteiger partial charge in [0.1, 0.15) is 0 Å². The Bertz CT molecular complexity index is 360. The number of rotatable bonds is 6. The number of hydrogen-bond acceptors (Lipinski definition) is 4. The highest BCUT2D eigenvalue weighted by molar-refractivity contribution is 5.28. The molecule has 4 nitrogen and oxygen atoms in total. The third-order valence-electron chi connectivity index (χ3n) is 2.69. The third-order valence-corrected chi connectivity index (χ3v) is 2.69. The van der Waals surface area contributed by atoms with Crippen molar-refractivity contribution in [2.45, 2.75) is 39.3 Å². The van der Waals surface area contributed by atoms with Crippen molar-refractivity contribution < 1.29 is 4.74 Å². The summed E-state index contributed by atoms with van der Waals surface area (Å²) in [5, 5.41) is 6.91. The lowest BCUT2D eigenvalue weighted by Crippen LogP contribution is -2.40. The molecule has 18 heavy (non-hydrogen) atoms. The van der Waals surface area contributed by atoms with E-state index >= 15 is 0 Å². The van der Waals surface area contributed by atoms with Gasteiger partial charge in [-0.3, -0.25) is 0 Å². The van der Waals surface area contributed by atoms with Crippen LogP contribution >= 0.6 is 0 Å². The Kier molecular flexibility index (Phi) is 5.56. The number of hydrogen-bond donors (Lipinski definition) is 2. The molecule has 4 heteroatoms. The van der Waals surface area contributed by atoms with Crippen LogP contribution in [0.2, 0.25) is 0 Å². The molecule has 1 heterocycles. The Hall–Kier alpha value is -1.13. The van der Waals surface area contributed by atoms with E-state index in [1.165, 1.54) is 0 Å². The molecule has 0 spiro atoms. The Labute approximate surface area is 110 Å². The third kappa shape index (κ3) is 5.02. The van der Waals surface area contributed by atoms with Crippen LogP contribution in [-0.2, 0) is 0 Å². The molecule has 2 N–H and O–H groups in total. The normalized spacial score (nSPS) is 13.4. The number of pyridine rings is 1. The molecule has 1 rings (SSSR count). The number of aromatic nitrogens is 1. The first-order chi connectivity index (χ1) is 8.44. The van der Waals surface area contributed by atoms with E-state index < -0.39 is 0 Å². The average molecular weight is 251 g/mol. The number of ether oxygens (including phenoxy) is 1. The predicted octanol–water partition coefficient (Wildman–Crippen LogP) is 2.13. The molecule has 102 valence electrons. The topological polar surface area (TPSA) is 46.2 Å². The first kappa shape index (κ1) is 14.9. The van der Waals surface area contributed by atoms with Gasteiger partial charge in [-0.1, -0.05) is 6.07 Å². The first-order valence-electron chi connectivity index (χ1n) is 6.41. The quantitative estimate of drug-likeness (QED) is 0.760. The Morgan fingerprint density at radius 2 is 2.06 bits per heavy atom. The summed E-state index contributed by atoms with van der Waals surface area (Å²) in [4.78, 5) is 4.21. The summed E-state index contributed by atoms with van der Waals surface area (Å²) in [5.74, 6) is 0.696. The summed E-state index contributed by atoms with van der Waals surface area (Å²) in [5.41, 5.74) is 1.26. The Morgan fingerprint density at radius 3 is 2.67 bits per heavy atom. The fourth-order valence-corrected chi connectivity index (χ4v) is 1.74. The van der Waals surface area contributed by atoms with Crippen molar-refractivity contribution >= 4 is 0 Å². The van der Waals surface area contributed by atoms with Crippen molar-refractivity contribution in [3.8, 4) is 5.88 Å². The van der Waals surface area contributed by atoms with Crippen LogP contribution in [0.4, 0.5) is 0 Å². The monoisotopic (exact) mass is 251 g/mol. The van der Waals surface area contributed by atoms with Crippen LogP contribution in [0, 0.1) is 0 Å². The largest absolute Gasteiger partial charge is 0.481 e. The summed E-state index contributed by atoms with van der Waals surface area (Å²) in [6.07, 6.45) is 1.75. The molecule has 0 aromatic carbocycles. The van der Waals surface area contributed by atoms with Gasteiger partial charge in [-0.25, -0.2) is 4.98 Å². The van der Waals surface area contributed by atoms with Gasteiger partial charge >= 0.3 is 0 Å². The van der Waals surface area contributed by atoms with Crippen LogP contribution in [0.5, 0.6) is 5.88 Å². The molecule has 0 aliphatic carbocycles. The van der Waals surface area contributed by atoms with Crippen LogP contribution in [0.3, 0.4) is 0 Å². The van der Waals surface area contributed by atoms with Crippen LogP contribution in [0.25, 0.3) is 0 Å². The van der Waals surface area contributed by atoms with Gasteiger partial charge in [0.25, 0.3) is 0 Å². The minimum Gasteiger partial charge on any atom is -0.481 e. The maximum Gasteiger partial charge on any atom is 0.217 e. The summed E-state index contributed by atoms with van der Waals surface area (Å²) < 4.78 is 5.26. The zero-order chi connectivity index (χ0) is 13.6. The van der Waals surface area contributed by atoms with Gasteiger partial charge in [0.15, 0.2) is 0 Å². The molecule has 0 bridgehead atoms. The van der Waals surface area contributed by atoms with Gasteiger partial charge in [-0.15, -0.1) is 0 Å². The number of nitrogens with one attached hydrogen (secondary N) is 2. The van der Waals surface area contributed by atoms with E-state index in [-0.39, 0.29) is 11.6 Å². The van der Waals surface area contributed by atoms with Gasteiger partial charge < -0.3 is 15.4 Å². The highest BCUT2D eigenvalue weighted by Gasteiger charge is 2.12. The van der Waals surface area contributed by atoms with E-state index in [1.54, 1.807) is 13.3 Å². The second-order valence-corrected chi connectivity index (χ2v) is 5.45. The fraction of sp³-hybridized carbons (Fsp3) is 0.643. The molecular formula is C14H25N3O. The molecule has 1 atom stereocenters. The summed E-state index contributed by atoms with van der Waals surface area (Å²) >= 11 is 0. The summed E-state index contributed by atoms with van der Waals surface area (Å²) in [6.45, 7) is 10.5. The molecule has 0 radical (unpaired) electrons. The van der Waals surface area contributed by atoms with Crippen molar-refractivity contribution in [3.05, 3.63) is 23.9 Å². The van der Waals surface area contributed by atoms with Crippen LogP contribution in [0.1, 0.15) is 39.3 Å². The van der Waals surface area contributed by atoms with Crippen LogP contribution < -0.4 is 15.4 Å². The van der Waals surface area contributed by atoms with Crippen LogP contribution in [-0.4, -0.2) is 30.7 Å². The van der Waals surface area contributed by atoms with Crippen molar-refractivity contribution in [3.63, 3.8) is 0 Å². The number of nitrogens with zero attached hydrogens (tertiary/aromatic N) is 1. The minimum absolute atomic E-state index is 0.164. The van der Waals surface area contributed by atoms with E-state index in [0.29, 0.717) is 5.88 Å². The molecule has 0 aliphatic heterocycles. The van der Waals surface area contributed by atoms with Crippen LogP contribution in [0.15, 0.2) is 18.3 Å². The molecule has 0 saturated heterocycles. The van der Waals surface area contributed by atoms with Crippen molar-refractivity contribution in [1.82, 2.24) is 15.6 Å². The van der Waals surface area contributed by atoms with Gasteiger partial charge in [0.2, 0.25) is 5.88 Å². The zero-order valence-corrected chi connectivity index (χ0v) is 12.1.